The summed E-state index contributed by atoms with van der Waals surface area (Å²) < 4.78 is 6.53. The zero-order valence-corrected chi connectivity index (χ0v) is 17.4. The summed E-state index contributed by atoms with van der Waals surface area (Å²) in [6.07, 6.45) is 6.16. The predicted molar refractivity (Wildman–Crippen MR) is 102 cm³/mol. The second-order valence-corrected chi connectivity index (χ2v) is 13.7. The molecule has 3 nitrogen and oxygen atoms in total. The Labute approximate surface area is 144 Å². The van der Waals surface area contributed by atoms with Crippen molar-refractivity contribution in [3.8, 4) is 0 Å². The van der Waals surface area contributed by atoms with Crippen molar-refractivity contribution >= 4 is 8.32 Å². The van der Waals surface area contributed by atoms with Crippen LogP contribution in [0.4, 0.5) is 0 Å². The van der Waals surface area contributed by atoms with Crippen molar-refractivity contribution in [1.29, 1.82) is 0 Å². The van der Waals surface area contributed by atoms with Gasteiger partial charge in [-0.05, 0) is 51.1 Å². The van der Waals surface area contributed by atoms with E-state index < -0.39 is 8.32 Å². The van der Waals surface area contributed by atoms with Crippen LogP contribution in [0.25, 0.3) is 0 Å². The van der Waals surface area contributed by atoms with Crippen molar-refractivity contribution in [3.63, 3.8) is 0 Å². The van der Waals surface area contributed by atoms with Gasteiger partial charge in [-0.2, -0.15) is 0 Å². The van der Waals surface area contributed by atoms with Gasteiger partial charge in [-0.3, -0.25) is 0 Å². The summed E-state index contributed by atoms with van der Waals surface area (Å²) in [6.45, 7) is 17.3. The fourth-order valence-corrected chi connectivity index (χ4v) is 4.22. The van der Waals surface area contributed by atoms with Crippen molar-refractivity contribution in [2.75, 3.05) is 14.1 Å². The first kappa shape index (κ1) is 20.5. The Hall–Kier alpha value is -0.583. The molecule has 0 bridgehead atoms. The molecule has 0 unspecified atom stereocenters. The quantitative estimate of drug-likeness (QED) is 0.569. The highest BCUT2D eigenvalue weighted by atomic mass is 28.4. The second-order valence-electron chi connectivity index (χ2n) is 8.95. The molecule has 0 saturated carbocycles. The topological polar surface area (TPSA) is 32.7 Å². The summed E-state index contributed by atoms with van der Waals surface area (Å²) in [5.74, 6) is 1.11. The smallest absolute Gasteiger partial charge is 0.250 e. The lowest BCUT2D eigenvalue weighted by atomic mass is 9.69. The van der Waals surface area contributed by atoms with Gasteiger partial charge in [-0.1, -0.05) is 33.8 Å². The fraction of sp³-hybridized carbons (Fsp3) is 0.789. The largest absolute Gasteiger partial charge is 0.547 e. The second kappa shape index (κ2) is 7.12. The van der Waals surface area contributed by atoms with Gasteiger partial charge in [0.15, 0.2) is 0 Å². The molecular formula is C19H37NO2Si. The van der Waals surface area contributed by atoms with Crippen LogP contribution in [0.2, 0.25) is 18.1 Å². The first-order valence-corrected chi connectivity index (χ1v) is 11.6. The maximum atomic E-state index is 10.6. The third-order valence-electron chi connectivity index (χ3n) is 5.83. The molecule has 1 N–H and O–H groups in total. The number of hydrogen-bond acceptors (Lipinski definition) is 3. The highest BCUT2D eigenvalue weighted by molar-refractivity contribution is 6.74. The Morgan fingerprint density at radius 3 is 2.48 bits per heavy atom. The Balaban J connectivity index is 3.06. The molecule has 0 aromatic rings. The van der Waals surface area contributed by atoms with E-state index >= 15 is 0 Å². The van der Waals surface area contributed by atoms with Gasteiger partial charge in [-0.15, -0.1) is 6.58 Å². The molecule has 0 heterocycles. The minimum Gasteiger partial charge on any atom is -0.547 e. The van der Waals surface area contributed by atoms with Crippen molar-refractivity contribution in [3.05, 3.63) is 24.5 Å². The molecule has 0 saturated heterocycles. The lowest BCUT2D eigenvalue weighted by Crippen LogP contribution is -2.51. The van der Waals surface area contributed by atoms with Gasteiger partial charge in [0.1, 0.15) is 0 Å². The normalized spacial score (nSPS) is 27.6. The van der Waals surface area contributed by atoms with E-state index in [4.69, 9.17) is 4.43 Å². The van der Waals surface area contributed by atoms with Crippen LogP contribution in [0, 0.1) is 5.41 Å². The highest BCUT2D eigenvalue weighted by Gasteiger charge is 2.45. The van der Waals surface area contributed by atoms with E-state index in [-0.39, 0.29) is 22.6 Å². The van der Waals surface area contributed by atoms with E-state index in [1.165, 1.54) is 0 Å². The standard InChI is InChI=1S/C19H37NO2Si/c1-10-11-17(21)19(5)13-12-15(14-16(19)20(6)7)22-23(8,9)18(2,3)4/h10,14,16-17,21H,1,11-13H2,2-9H3/t16-,17-,19+/m1/s1. The first-order chi connectivity index (χ1) is 10.3. The summed E-state index contributed by atoms with van der Waals surface area (Å²) in [6, 6.07) is 0.172. The SMILES string of the molecule is C=CC[C@@H](O)[C@@]1(C)CCC(O[Si](C)(C)C(C)(C)C)=C[C@H]1N(C)C. The molecule has 0 amide bonds. The lowest BCUT2D eigenvalue weighted by molar-refractivity contribution is -0.0174. The predicted octanol–water partition coefficient (Wildman–Crippen LogP) is 4.56. The molecule has 0 spiro atoms. The number of rotatable bonds is 6. The van der Waals surface area contributed by atoms with Crippen LogP contribution in [0.3, 0.4) is 0 Å². The Bertz CT molecular complexity index is 451. The van der Waals surface area contributed by atoms with Gasteiger partial charge in [0.2, 0.25) is 8.32 Å². The van der Waals surface area contributed by atoms with Crippen LogP contribution in [0.1, 0.15) is 47.0 Å². The van der Waals surface area contributed by atoms with Crippen LogP contribution in [0.5, 0.6) is 0 Å². The first-order valence-electron chi connectivity index (χ1n) is 8.70. The van der Waals surface area contributed by atoms with Crippen LogP contribution in [0.15, 0.2) is 24.5 Å². The summed E-state index contributed by atoms with van der Waals surface area (Å²) in [5, 5.41) is 10.8. The lowest BCUT2D eigenvalue weighted by Gasteiger charge is -2.47. The maximum absolute atomic E-state index is 10.6. The van der Waals surface area contributed by atoms with Crippen molar-refractivity contribution in [2.45, 2.75) is 77.2 Å². The Morgan fingerprint density at radius 1 is 1.48 bits per heavy atom. The molecule has 4 heteroatoms. The average Bonchev–Trinajstić information content (AvgIpc) is 2.39. The van der Waals surface area contributed by atoms with E-state index in [1.807, 2.05) is 6.08 Å². The van der Waals surface area contributed by atoms with Gasteiger partial charge in [0.25, 0.3) is 0 Å². The Morgan fingerprint density at radius 2 is 2.04 bits per heavy atom. The summed E-state index contributed by atoms with van der Waals surface area (Å²) in [7, 11) is 2.35. The van der Waals surface area contributed by atoms with E-state index in [0.717, 1.165) is 18.6 Å². The van der Waals surface area contributed by atoms with Crippen LogP contribution >= 0.6 is 0 Å². The molecule has 23 heavy (non-hydrogen) atoms. The number of aliphatic hydroxyl groups is 1. The molecule has 1 aliphatic rings. The number of allylic oxidation sites excluding steroid dienone is 1. The third kappa shape index (κ3) is 4.49. The number of nitrogens with zero attached hydrogens (tertiary/aromatic N) is 1. The number of hydrogen-bond donors (Lipinski definition) is 1. The minimum atomic E-state index is -1.81. The van der Waals surface area contributed by atoms with E-state index in [1.54, 1.807) is 0 Å². The zero-order valence-electron chi connectivity index (χ0n) is 16.4. The molecule has 0 aliphatic heterocycles. The number of likely N-dealkylation sites (N-methyl/N-ethyl adjacent to an activating group) is 1. The maximum Gasteiger partial charge on any atom is 0.250 e. The molecule has 0 aromatic heterocycles. The summed E-state index contributed by atoms with van der Waals surface area (Å²) in [5.41, 5.74) is -0.169. The summed E-state index contributed by atoms with van der Waals surface area (Å²) >= 11 is 0. The fourth-order valence-electron chi connectivity index (χ4n) is 3.09. The van der Waals surface area contributed by atoms with Gasteiger partial charge in [-0.25, -0.2) is 0 Å². The van der Waals surface area contributed by atoms with Gasteiger partial charge in [0.05, 0.1) is 11.9 Å². The molecule has 134 valence electrons. The van der Waals surface area contributed by atoms with E-state index in [2.05, 4.69) is 72.4 Å². The Kier molecular flexibility index (Phi) is 6.33. The third-order valence-corrected chi connectivity index (χ3v) is 10.2. The molecule has 3 atom stereocenters. The minimum absolute atomic E-state index is 0.169. The van der Waals surface area contributed by atoms with Gasteiger partial charge >= 0.3 is 0 Å². The van der Waals surface area contributed by atoms with Gasteiger partial charge < -0.3 is 14.4 Å². The van der Waals surface area contributed by atoms with Gasteiger partial charge in [0, 0.05) is 17.9 Å². The summed E-state index contributed by atoms with van der Waals surface area (Å²) in [4.78, 5) is 2.19. The molecule has 0 radical (unpaired) electrons. The van der Waals surface area contributed by atoms with Crippen LogP contribution < -0.4 is 0 Å². The molecular weight excluding hydrogens is 302 g/mol. The zero-order chi connectivity index (χ0) is 18.1. The monoisotopic (exact) mass is 339 g/mol. The average molecular weight is 340 g/mol. The van der Waals surface area contributed by atoms with E-state index in [9.17, 15) is 5.11 Å². The highest BCUT2D eigenvalue weighted by Crippen LogP contribution is 2.44. The molecule has 0 fully saturated rings. The molecule has 0 aromatic carbocycles. The van der Waals surface area contributed by atoms with Crippen LogP contribution in [-0.2, 0) is 4.43 Å². The van der Waals surface area contributed by atoms with E-state index in [0.29, 0.717) is 6.42 Å². The number of aliphatic hydroxyl groups excluding tert-OH is 1. The van der Waals surface area contributed by atoms with Crippen molar-refractivity contribution < 1.29 is 9.53 Å². The van der Waals surface area contributed by atoms with Crippen molar-refractivity contribution in [1.82, 2.24) is 4.90 Å². The molecule has 1 aliphatic carbocycles. The van der Waals surface area contributed by atoms with Crippen molar-refractivity contribution in [2.24, 2.45) is 5.41 Å². The molecule has 1 rings (SSSR count). The van der Waals surface area contributed by atoms with Crippen LogP contribution in [-0.4, -0.2) is 44.6 Å².